The predicted octanol–water partition coefficient (Wildman–Crippen LogP) is 4.61. The van der Waals surface area contributed by atoms with Gasteiger partial charge in [0, 0.05) is 0 Å². The largest absolute Gasteiger partial charge is 0.458 e. The van der Waals surface area contributed by atoms with Crippen molar-refractivity contribution in [2.75, 3.05) is 6.61 Å². The van der Waals surface area contributed by atoms with Gasteiger partial charge in [-0.3, -0.25) is 0 Å². The van der Waals surface area contributed by atoms with E-state index in [4.69, 9.17) is 14.2 Å². The van der Waals surface area contributed by atoms with Gasteiger partial charge in [-0.2, -0.15) is 0 Å². The average Bonchev–Trinajstić information content (AvgIpc) is 2.81. The van der Waals surface area contributed by atoms with Crippen molar-refractivity contribution >= 4 is 17.9 Å². The number of ether oxygens (including phenoxy) is 3. The van der Waals surface area contributed by atoms with Crippen molar-refractivity contribution in [2.45, 2.75) is 6.61 Å². The predicted molar refractivity (Wildman–Crippen MR) is 114 cm³/mol. The second-order valence-corrected chi connectivity index (χ2v) is 6.41. The minimum absolute atomic E-state index is 0.0301. The van der Waals surface area contributed by atoms with Crippen LogP contribution in [0.5, 0.6) is 5.75 Å². The topological polar surface area (TPSA) is 78.9 Å². The van der Waals surface area contributed by atoms with Gasteiger partial charge >= 0.3 is 17.9 Å². The fourth-order valence-electron chi connectivity index (χ4n) is 2.69. The van der Waals surface area contributed by atoms with Gasteiger partial charge in [0.15, 0.2) is 0 Å². The van der Waals surface area contributed by atoms with Crippen molar-refractivity contribution in [2.24, 2.45) is 0 Å². The number of para-hydroxylation sites is 1. The minimum Gasteiger partial charge on any atom is -0.458 e. The van der Waals surface area contributed by atoms with Gasteiger partial charge in [-0.05, 0) is 35.9 Å². The lowest BCUT2D eigenvalue weighted by atomic mass is 10.0. The van der Waals surface area contributed by atoms with Crippen LogP contribution >= 0.6 is 0 Å². The van der Waals surface area contributed by atoms with Gasteiger partial charge in [0.1, 0.15) is 19.0 Å². The zero-order valence-electron chi connectivity index (χ0n) is 16.7. The Morgan fingerprint density at radius 1 is 0.742 bits per heavy atom. The Hall–Kier alpha value is -4.19. The molecule has 6 nitrogen and oxygen atoms in total. The highest BCUT2D eigenvalue weighted by atomic mass is 16.5. The average molecular weight is 416 g/mol. The zero-order valence-corrected chi connectivity index (χ0v) is 16.7. The van der Waals surface area contributed by atoms with Gasteiger partial charge in [-0.15, -0.1) is 0 Å². The number of hydrogen-bond donors (Lipinski definition) is 0. The number of hydrogen-bond acceptors (Lipinski definition) is 6. The van der Waals surface area contributed by atoms with Gasteiger partial charge in [0.25, 0.3) is 0 Å². The Labute approximate surface area is 179 Å². The highest BCUT2D eigenvalue weighted by molar-refractivity contribution is 6.05. The maximum atomic E-state index is 12.6. The second kappa shape index (κ2) is 10.5. The monoisotopic (exact) mass is 416 g/mol. The Balaban J connectivity index is 1.83. The Bertz CT molecular complexity index is 1070. The molecule has 0 aliphatic heterocycles. The summed E-state index contributed by atoms with van der Waals surface area (Å²) >= 11 is 0. The molecule has 0 fully saturated rings. The summed E-state index contributed by atoms with van der Waals surface area (Å²) in [4.78, 5) is 37.6. The molecule has 3 aromatic rings. The van der Waals surface area contributed by atoms with E-state index >= 15 is 0 Å². The second-order valence-electron chi connectivity index (χ2n) is 6.41. The lowest BCUT2D eigenvalue weighted by molar-refractivity contribution is 0.0471. The molecule has 31 heavy (non-hydrogen) atoms. The SMILES string of the molecule is C=CCOC(=O)c1cc(C(=O)OCc2ccccc2)ccc1C(=O)Oc1ccccc1. The first-order chi connectivity index (χ1) is 15.1. The molecule has 156 valence electrons. The molecule has 0 aromatic heterocycles. The molecule has 0 N–H and O–H groups in total. The summed E-state index contributed by atoms with van der Waals surface area (Å²) in [6.45, 7) is 3.53. The van der Waals surface area contributed by atoms with Crippen LogP contribution in [0, 0.1) is 0 Å². The zero-order chi connectivity index (χ0) is 22.1. The summed E-state index contributed by atoms with van der Waals surface area (Å²) in [5.74, 6) is -1.84. The highest BCUT2D eigenvalue weighted by Crippen LogP contribution is 2.19. The molecule has 0 spiro atoms. The van der Waals surface area contributed by atoms with Crippen molar-refractivity contribution in [1.29, 1.82) is 0 Å². The van der Waals surface area contributed by atoms with Crippen molar-refractivity contribution in [3.63, 3.8) is 0 Å². The molecule has 0 atom stereocenters. The number of benzene rings is 3. The van der Waals surface area contributed by atoms with Crippen LogP contribution in [0.2, 0.25) is 0 Å². The van der Waals surface area contributed by atoms with E-state index in [1.54, 1.807) is 30.3 Å². The molecule has 0 aliphatic rings. The van der Waals surface area contributed by atoms with Gasteiger partial charge in [-0.1, -0.05) is 61.2 Å². The van der Waals surface area contributed by atoms with E-state index in [-0.39, 0.29) is 29.9 Å². The summed E-state index contributed by atoms with van der Waals surface area (Å²) in [6.07, 6.45) is 1.40. The molecular formula is C25H20O6. The van der Waals surface area contributed by atoms with Crippen molar-refractivity contribution in [3.05, 3.63) is 114 Å². The fraction of sp³-hybridized carbons (Fsp3) is 0.0800. The molecule has 3 rings (SSSR count). The van der Waals surface area contributed by atoms with E-state index in [0.717, 1.165) is 5.56 Å². The van der Waals surface area contributed by atoms with Gasteiger partial charge in [0.2, 0.25) is 0 Å². The van der Waals surface area contributed by atoms with E-state index < -0.39 is 17.9 Å². The number of carbonyl (C=O) groups is 3. The molecule has 0 saturated carbocycles. The van der Waals surface area contributed by atoms with Crippen molar-refractivity contribution in [3.8, 4) is 5.75 Å². The number of rotatable bonds is 8. The third-order valence-corrected chi connectivity index (χ3v) is 4.19. The Kier molecular flexibility index (Phi) is 7.32. The summed E-state index contributed by atoms with van der Waals surface area (Å²) in [6, 6.07) is 21.6. The van der Waals surface area contributed by atoms with E-state index in [2.05, 4.69) is 6.58 Å². The van der Waals surface area contributed by atoms with E-state index in [0.29, 0.717) is 5.75 Å². The summed E-state index contributed by atoms with van der Waals surface area (Å²) in [5, 5.41) is 0. The standard InChI is InChI=1S/C25H20O6/c1-2-15-29-24(27)22-16-19(23(26)30-17-18-9-5-3-6-10-18)13-14-21(22)25(28)31-20-11-7-4-8-12-20/h2-14,16H,1,15,17H2. The summed E-state index contributed by atoms with van der Waals surface area (Å²) < 4.78 is 15.7. The van der Waals surface area contributed by atoms with Crippen LogP contribution < -0.4 is 4.74 Å². The third kappa shape index (κ3) is 5.90. The highest BCUT2D eigenvalue weighted by Gasteiger charge is 2.22. The molecule has 0 heterocycles. The first-order valence-corrected chi connectivity index (χ1v) is 9.49. The number of carbonyl (C=O) groups excluding carboxylic acids is 3. The summed E-state index contributed by atoms with van der Waals surface area (Å²) in [5.41, 5.74) is 0.803. The molecule has 0 saturated heterocycles. The molecule has 0 unspecified atom stereocenters. The van der Waals surface area contributed by atoms with Gasteiger partial charge in [0.05, 0.1) is 16.7 Å². The Morgan fingerprint density at radius 3 is 2.10 bits per heavy atom. The third-order valence-electron chi connectivity index (χ3n) is 4.19. The smallest absolute Gasteiger partial charge is 0.344 e. The van der Waals surface area contributed by atoms with Crippen LogP contribution in [0.4, 0.5) is 0 Å². The van der Waals surface area contributed by atoms with Crippen LogP contribution in [0.15, 0.2) is 91.5 Å². The lowest BCUT2D eigenvalue weighted by Gasteiger charge is -2.11. The molecule has 0 amide bonds. The molecule has 0 bridgehead atoms. The van der Waals surface area contributed by atoms with Crippen LogP contribution in [0.3, 0.4) is 0 Å². The molecule has 6 heteroatoms. The van der Waals surface area contributed by atoms with E-state index in [1.165, 1.54) is 24.3 Å². The van der Waals surface area contributed by atoms with Crippen molar-refractivity contribution < 1.29 is 28.6 Å². The maximum Gasteiger partial charge on any atom is 0.344 e. The lowest BCUT2D eigenvalue weighted by Crippen LogP contribution is -2.17. The van der Waals surface area contributed by atoms with Crippen LogP contribution in [-0.4, -0.2) is 24.5 Å². The van der Waals surface area contributed by atoms with Gasteiger partial charge in [-0.25, -0.2) is 14.4 Å². The molecule has 0 aliphatic carbocycles. The molecule has 0 radical (unpaired) electrons. The van der Waals surface area contributed by atoms with E-state index in [9.17, 15) is 14.4 Å². The van der Waals surface area contributed by atoms with Crippen LogP contribution in [0.25, 0.3) is 0 Å². The normalized spacial score (nSPS) is 10.1. The molecule has 3 aromatic carbocycles. The van der Waals surface area contributed by atoms with Crippen molar-refractivity contribution in [1.82, 2.24) is 0 Å². The molecular weight excluding hydrogens is 396 g/mol. The van der Waals surface area contributed by atoms with Crippen LogP contribution in [0.1, 0.15) is 36.6 Å². The van der Waals surface area contributed by atoms with Crippen LogP contribution in [-0.2, 0) is 16.1 Å². The van der Waals surface area contributed by atoms with Gasteiger partial charge < -0.3 is 14.2 Å². The summed E-state index contributed by atoms with van der Waals surface area (Å²) in [7, 11) is 0. The fourth-order valence-corrected chi connectivity index (χ4v) is 2.69. The minimum atomic E-state index is -0.780. The maximum absolute atomic E-state index is 12.6. The Morgan fingerprint density at radius 2 is 1.42 bits per heavy atom. The van der Waals surface area contributed by atoms with E-state index in [1.807, 2.05) is 30.3 Å². The first-order valence-electron chi connectivity index (χ1n) is 9.49. The quantitative estimate of drug-likeness (QED) is 0.303. The first kappa shape index (κ1) is 21.5. The number of esters is 3.